The van der Waals surface area contributed by atoms with Crippen molar-refractivity contribution >= 4 is 39.5 Å². The molecular weight excluding hydrogens is 1230 g/mol. The van der Waals surface area contributed by atoms with E-state index in [1.807, 2.05) is 0 Å². The van der Waals surface area contributed by atoms with Crippen LogP contribution in [0.15, 0.2) is 48.6 Å². The maximum atomic E-state index is 13.1. The Labute approximate surface area is 572 Å². The first-order valence-electron chi connectivity index (χ1n) is 37.9. The quantitative estimate of drug-likeness (QED) is 0.0169. The zero-order chi connectivity index (χ0) is 69.0. The summed E-state index contributed by atoms with van der Waals surface area (Å²) in [5, 5.41) is 10.6. The van der Waals surface area contributed by atoms with Crippen LogP contribution in [0.1, 0.15) is 349 Å². The van der Waals surface area contributed by atoms with Crippen molar-refractivity contribution in [3.05, 3.63) is 48.6 Å². The number of rotatable bonds is 72. The lowest BCUT2D eigenvalue weighted by molar-refractivity contribution is -0.161. The molecular formula is C75H138O17P2. The highest BCUT2D eigenvalue weighted by atomic mass is 31.2. The number of hydrogen-bond donors (Lipinski definition) is 3. The number of aliphatic hydroxyl groups excluding tert-OH is 1. The van der Waals surface area contributed by atoms with E-state index in [1.54, 1.807) is 0 Å². The highest BCUT2D eigenvalue weighted by molar-refractivity contribution is 7.47. The van der Waals surface area contributed by atoms with Crippen LogP contribution in [0.5, 0.6) is 0 Å². The van der Waals surface area contributed by atoms with Gasteiger partial charge in [-0.05, 0) is 128 Å². The molecule has 0 aromatic rings. The van der Waals surface area contributed by atoms with Gasteiger partial charge in [0.2, 0.25) is 0 Å². The molecule has 0 saturated carbocycles. The molecule has 0 rings (SSSR count). The van der Waals surface area contributed by atoms with Gasteiger partial charge in [0.05, 0.1) is 26.4 Å². The van der Waals surface area contributed by atoms with Crippen molar-refractivity contribution in [2.24, 2.45) is 0 Å². The first kappa shape index (κ1) is 91.0. The molecule has 0 aliphatic heterocycles. The van der Waals surface area contributed by atoms with Crippen LogP contribution in [-0.2, 0) is 65.4 Å². The highest BCUT2D eigenvalue weighted by Gasteiger charge is 2.30. The Bertz CT molecular complexity index is 1980. The molecule has 0 spiro atoms. The SMILES string of the molecule is CCCCCC/C=C\CCCCCCCC(=O)OC[C@H](COP(=O)(O)OC[C@@H](O)COP(=O)(O)OC[C@@H](COC(=O)CCCCCCC/C=C\CCCCCC)OC(=O)CCCCCCC/C=C\CCCCCCCC)OC(=O)CCCCCCC/C=C\CCCCCC. The lowest BCUT2D eigenvalue weighted by Crippen LogP contribution is -2.30. The van der Waals surface area contributed by atoms with Crippen molar-refractivity contribution in [2.75, 3.05) is 39.6 Å². The van der Waals surface area contributed by atoms with Crippen molar-refractivity contribution in [1.82, 2.24) is 0 Å². The average Bonchev–Trinajstić information content (AvgIpc) is 2.42. The minimum absolute atomic E-state index is 0.0877. The largest absolute Gasteiger partial charge is 0.472 e. The fourth-order valence-corrected chi connectivity index (χ4v) is 12.0. The first-order chi connectivity index (χ1) is 45.7. The molecule has 5 atom stereocenters. The summed E-state index contributed by atoms with van der Waals surface area (Å²) in [6.45, 7) is 4.83. The molecule has 0 amide bonds. The number of phosphoric acid groups is 2. The van der Waals surface area contributed by atoms with Gasteiger partial charge in [0.25, 0.3) is 0 Å². The summed E-state index contributed by atoms with van der Waals surface area (Å²) in [5.74, 6) is -2.18. The molecule has 17 nitrogen and oxygen atoms in total. The third kappa shape index (κ3) is 67.6. The van der Waals surface area contributed by atoms with Gasteiger partial charge in [-0.3, -0.25) is 37.3 Å². The summed E-state index contributed by atoms with van der Waals surface area (Å²) < 4.78 is 68.4. The van der Waals surface area contributed by atoms with Gasteiger partial charge in [0, 0.05) is 25.7 Å². The molecule has 0 heterocycles. The van der Waals surface area contributed by atoms with Crippen LogP contribution in [-0.4, -0.2) is 96.7 Å². The molecule has 0 radical (unpaired) electrons. The lowest BCUT2D eigenvalue weighted by atomic mass is 10.1. The number of carbonyl (C=O) groups is 4. The fraction of sp³-hybridized carbons (Fsp3) is 0.840. The number of esters is 4. The van der Waals surface area contributed by atoms with E-state index in [9.17, 15) is 43.2 Å². The van der Waals surface area contributed by atoms with E-state index in [1.165, 1.54) is 116 Å². The average molecular weight is 1370 g/mol. The van der Waals surface area contributed by atoms with E-state index in [4.69, 9.17) is 37.0 Å². The number of phosphoric ester groups is 2. The maximum Gasteiger partial charge on any atom is 0.472 e. The fourth-order valence-electron chi connectivity index (χ4n) is 10.4. The van der Waals surface area contributed by atoms with Crippen molar-refractivity contribution < 1.29 is 80.2 Å². The lowest BCUT2D eigenvalue weighted by Gasteiger charge is -2.21. The van der Waals surface area contributed by atoms with Gasteiger partial charge in [0.1, 0.15) is 19.3 Å². The Kier molecular flexibility index (Phi) is 66.4. The number of carbonyl (C=O) groups excluding carboxylic acids is 4. The predicted molar refractivity (Wildman–Crippen MR) is 381 cm³/mol. The number of ether oxygens (including phenoxy) is 4. The monoisotopic (exact) mass is 1370 g/mol. The molecule has 550 valence electrons. The topological polar surface area (TPSA) is 237 Å². The number of aliphatic hydroxyl groups is 1. The maximum absolute atomic E-state index is 13.1. The van der Waals surface area contributed by atoms with E-state index >= 15 is 0 Å². The summed E-state index contributed by atoms with van der Waals surface area (Å²) in [7, 11) is -9.93. The van der Waals surface area contributed by atoms with Crippen molar-refractivity contribution in [3.63, 3.8) is 0 Å². The van der Waals surface area contributed by atoms with E-state index in [-0.39, 0.29) is 25.7 Å². The molecule has 19 heteroatoms. The Morgan fingerprint density at radius 3 is 0.745 bits per heavy atom. The Morgan fingerprint density at radius 2 is 0.489 bits per heavy atom. The standard InChI is InChI=1S/C75H138O17P2/c1-5-9-13-17-21-25-29-33-34-38-42-46-50-54-58-62-75(80)92-71(66-86-73(78)60-56-52-48-44-40-36-31-27-23-19-15-11-7-3)68-90-94(83,84)88-64-69(76)63-87-93(81,82)89-67-70(91-74(79)61-57-53-49-45-41-37-32-28-24-20-16-12-8-4)65-85-72(77)59-55-51-47-43-39-35-30-26-22-18-14-10-6-2/h26-28,30-34,69-71,76H,5-25,29,35-68H2,1-4H3,(H,81,82)(H,83,84)/b30-26-,31-27-,32-28-,34-33-/t69-,70-,71-/m1/s1. The van der Waals surface area contributed by atoms with Gasteiger partial charge >= 0.3 is 39.5 Å². The molecule has 3 N–H and O–H groups in total. The molecule has 2 unspecified atom stereocenters. The van der Waals surface area contributed by atoms with Crippen LogP contribution >= 0.6 is 15.6 Å². The summed E-state index contributed by atoms with van der Waals surface area (Å²) in [5.41, 5.74) is 0. The van der Waals surface area contributed by atoms with Crippen molar-refractivity contribution in [2.45, 2.75) is 367 Å². The molecule has 0 aliphatic rings. The second-order valence-electron chi connectivity index (χ2n) is 25.6. The number of hydrogen-bond acceptors (Lipinski definition) is 15. The van der Waals surface area contributed by atoms with Crippen LogP contribution < -0.4 is 0 Å². The highest BCUT2D eigenvalue weighted by Crippen LogP contribution is 2.45. The normalized spacial score (nSPS) is 14.2. The third-order valence-corrected chi connectivity index (χ3v) is 18.1. The van der Waals surface area contributed by atoms with Gasteiger partial charge in [-0.1, -0.05) is 243 Å². The Hall–Kier alpha value is -2.98. The van der Waals surface area contributed by atoms with Crippen LogP contribution in [0.3, 0.4) is 0 Å². The van der Waals surface area contributed by atoms with Crippen molar-refractivity contribution in [1.29, 1.82) is 0 Å². The van der Waals surface area contributed by atoms with Gasteiger partial charge in [-0.15, -0.1) is 0 Å². The van der Waals surface area contributed by atoms with Crippen molar-refractivity contribution in [3.8, 4) is 0 Å². The first-order valence-corrected chi connectivity index (χ1v) is 40.9. The molecule has 0 aliphatic carbocycles. The van der Waals surface area contributed by atoms with E-state index in [0.29, 0.717) is 25.7 Å². The van der Waals surface area contributed by atoms with E-state index < -0.39 is 97.5 Å². The summed E-state index contributed by atoms with van der Waals surface area (Å²) in [4.78, 5) is 72.7. The van der Waals surface area contributed by atoms with Gasteiger partial charge in [0.15, 0.2) is 12.2 Å². The Morgan fingerprint density at radius 1 is 0.287 bits per heavy atom. The van der Waals surface area contributed by atoms with Crippen LogP contribution in [0.2, 0.25) is 0 Å². The molecule has 94 heavy (non-hydrogen) atoms. The second kappa shape index (κ2) is 68.5. The number of allylic oxidation sites excluding steroid dienone is 8. The van der Waals surface area contributed by atoms with Crippen LogP contribution in [0.4, 0.5) is 0 Å². The predicted octanol–water partition coefficient (Wildman–Crippen LogP) is 21.3. The zero-order valence-electron chi connectivity index (χ0n) is 59.9. The second-order valence-corrected chi connectivity index (χ2v) is 28.5. The van der Waals surface area contributed by atoms with Gasteiger partial charge in [-0.25, -0.2) is 9.13 Å². The minimum Gasteiger partial charge on any atom is -0.462 e. The van der Waals surface area contributed by atoms with Crippen LogP contribution in [0, 0.1) is 0 Å². The minimum atomic E-state index is -4.97. The van der Waals surface area contributed by atoms with E-state index in [0.717, 1.165) is 154 Å². The number of unbranched alkanes of at least 4 members (excludes halogenated alkanes) is 38. The van der Waals surface area contributed by atoms with Gasteiger partial charge in [-0.2, -0.15) is 0 Å². The summed E-state index contributed by atoms with van der Waals surface area (Å²) in [6.07, 6.45) is 63.9. The van der Waals surface area contributed by atoms with Crippen LogP contribution in [0.25, 0.3) is 0 Å². The molecule has 0 saturated heterocycles. The third-order valence-electron chi connectivity index (χ3n) is 16.2. The summed E-state index contributed by atoms with van der Waals surface area (Å²) >= 11 is 0. The molecule has 0 aromatic heterocycles. The molecule has 0 fully saturated rings. The zero-order valence-corrected chi connectivity index (χ0v) is 61.7. The smallest absolute Gasteiger partial charge is 0.462 e. The van der Waals surface area contributed by atoms with E-state index in [2.05, 4.69) is 76.3 Å². The molecule has 0 aromatic carbocycles. The van der Waals surface area contributed by atoms with Gasteiger partial charge < -0.3 is 33.8 Å². The summed E-state index contributed by atoms with van der Waals surface area (Å²) in [6, 6.07) is 0. The Balaban J connectivity index is 5.33. The molecule has 0 bridgehead atoms.